The number of carbonyl (C=O) groups is 1. The molecule has 0 bridgehead atoms. The summed E-state index contributed by atoms with van der Waals surface area (Å²) < 4.78 is 63.4. The maximum absolute atomic E-state index is 13.1. The van der Waals surface area contributed by atoms with Crippen LogP contribution in [0.3, 0.4) is 0 Å². The highest BCUT2D eigenvalue weighted by molar-refractivity contribution is 8.27. The summed E-state index contributed by atoms with van der Waals surface area (Å²) in [6.07, 6.45) is -3.39. The van der Waals surface area contributed by atoms with E-state index >= 15 is 0 Å². The van der Waals surface area contributed by atoms with Gasteiger partial charge in [0.25, 0.3) is 5.91 Å². The fourth-order valence-electron chi connectivity index (χ4n) is 3.02. The van der Waals surface area contributed by atoms with E-state index in [2.05, 4.69) is 10.1 Å². The molecule has 0 atom stereocenters. The third-order valence-corrected chi connectivity index (χ3v) is 5.54. The van der Waals surface area contributed by atoms with Gasteiger partial charge in [0, 0.05) is 0 Å². The molecule has 1 amide bonds. The van der Waals surface area contributed by atoms with Crippen LogP contribution in [-0.2, 0) is 11.4 Å². The van der Waals surface area contributed by atoms with E-state index in [1.165, 1.54) is 18.2 Å². The van der Waals surface area contributed by atoms with Crippen LogP contribution in [0.15, 0.2) is 58.1 Å². The van der Waals surface area contributed by atoms with Gasteiger partial charge in [-0.2, -0.15) is 28.3 Å². The normalized spacial score (nSPS) is 17.0. The summed E-state index contributed by atoms with van der Waals surface area (Å²) in [4.78, 5) is 16.1. The number of thioether (sulfide) groups is 1. The van der Waals surface area contributed by atoms with E-state index < -0.39 is 23.0 Å². The van der Waals surface area contributed by atoms with Crippen LogP contribution in [0.25, 0.3) is 6.08 Å². The van der Waals surface area contributed by atoms with Crippen molar-refractivity contribution >= 4 is 39.8 Å². The number of hydrogen-bond acceptors (Lipinski definition) is 6. The van der Waals surface area contributed by atoms with Crippen molar-refractivity contribution in [3.63, 3.8) is 0 Å². The Labute approximate surface area is 195 Å². The van der Waals surface area contributed by atoms with Crippen molar-refractivity contribution in [2.45, 2.75) is 19.7 Å². The molecule has 34 heavy (non-hydrogen) atoms. The molecule has 0 saturated carbocycles. The molecule has 12 heteroatoms. The number of halogens is 4. The highest BCUT2D eigenvalue weighted by atomic mass is 32.2. The molecule has 2 aromatic carbocycles. The molecule has 2 aliphatic rings. The van der Waals surface area contributed by atoms with Crippen molar-refractivity contribution < 1.29 is 31.8 Å². The lowest BCUT2D eigenvalue weighted by Gasteiger charge is -2.20. The van der Waals surface area contributed by atoms with Crippen LogP contribution < -0.4 is 9.47 Å². The number of hydrogen-bond donors (Lipinski definition) is 1. The molecular weight excluding hydrogens is 476 g/mol. The zero-order valence-corrected chi connectivity index (χ0v) is 18.3. The fourth-order valence-corrected chi connectivity index (χ4v) is 3.78. The summed E-state index contributed by atoms with van der Waals surface area (Å²) in [6, 6.07) is 10.6. The minimum Gasteiger partial charge on any atom is -0.490 e. The molecule has 2 aliphatic heterocycles. The molecule has 7 nitrogen and oxygen atoms in total. The lowest BCUT2D eigenvalue weighted by atomic mass is 10.1. The highest BCUT2D eigenvalue weighted by Crippen LogP contribution is 2.36. The molecule has 4 rings (SSSR count). The summed E-state index contributed by atoms with van der Waals surface area (Å²) in [5.74, 6) is -0.974. The van der Waals surface area contributed by atoms with E-state index in [1.54, 1.807) is 37.3 Å². The van der Waals surface area contributed by atoms with Crippen molar-refractivity contribution in [1.82, 2.24) is 5.01 Å². The molecule has 176 valence electrons. The summed E-state index contributed by atoms with van der Waals surface area (Å²) in [6.45, 7) is 2.25. The Kier molecular flexibility index (Phi) is 6.42. The zero-order chi connectivity index (χ0) is 24.5. The minimum atomic E-state index is -4.71. The van der Waals surface area contributed by atoms with E-state index in [9.17, 15) is 22.4 Å². The van der Waals surface area contributed by atoms with Crippen LogP contribution >= 0.6 is 11.8 Å². The number of amides is 1. The Morgan fingerprint density at radius 2 is 1.85 bits per heavy atom. The first kappa shape index (κ1) is 23.5. The molecule has 2 aromatic rings. The lowest BCUT2D eigenvalue weighted by molar-refractivity contribution is -0.114. The molecule has 0 saturated heterocycles. The third-order valence-electron chi connectivity index (χ3n) is 4.58. The van der Waals surface area contributed by atoms with Crippen molar-refractivity contribution in [2.75, 3.05) is 6.61 Å². The van der Waals surface area contributed by atoms with Gasteiger partial charge in [-0.3, -0.25) is 10.2 Å². The van der Waals surface area contributed by atoms with E-state index in [4.69, 9.17) is 14.9 Å². The average molecular weight is 492 g/mol. The van der Waals surface area contributed by atoms with Gasteiger partial charge in [-0.25, -0.2) is 4.39 Å². The van der Waals surface area contributed by atoms with Gasteiger partial charge in [0.15, 0.2) is 17.3 Å². The van der Waals surface area contributed by atoms with Crippen molar-refractivity contribution in [2.24, 2.45) is 10.1 Å². The summed E-state index contributed by atoms with van der Waals surface area (Å²) in [7, 11) is 0. The third kappa shape index (κ3) is 4.96. The molecule has 0 spiro atoms. The highest BCUT2D eigenvalue weighted by Gasteiger charge is 2.46. The lowest BCUT2D eigenvalue weighted by Crippen LogP contribution is -2.35. The molecule has 0 fully saturated rings. The van der Waals surface area contributed by atoms with Gasteiger partial charge in [-0.05, 0) is 60.2 Å². The number of nitrogens with one attached hydrogen (secondary N) is 1. The number of benzene rings is 2. The van der Waals surface area contributed by atoms with Crippen LogP contribution in [0.2, 0.25) is 0 Å². The molecule has 0 radical (unpaired) electrons. The predicted octanol–water partition coefficient (Wildman–Crippen LogP) is 4.98. The maximum atomic E-state index is 13.1. The van der Waals surface area contributed by atoms with Gasteiger partial charge >= 0.3 is 6.18 Å². The molecule has 1 N–H and O–H groups in total. The minimum absolute atomic E-state index is 0.160. The Balaban J connectivity index is 1.58. The monoisotopic (exact) mass is 492 g/mol. The first-order valence-electron chi connectivity index (χ1n) is 9.87. The largest absolute Gasteiger partial charge is 0.490 e. The molecule has 0 unspecified atom stereocenters. The molecule has 0 aromatic heterocycles. The Bertz CT molecular complexity index is 1240. The number of amidine groups is 2. The van der Waals surface area contributed by atoms with Gasteiger partial charge < -0.3 is 9.47 Å². The Morgan fingerprint density at radius 3 is 2.53 bits per heavy atom. The maximum Gasteiger partial charge on any atom is 0.441 e. The summed E-state index contributed by atoms with van der Waals surface area (Å²) in [5.41, 5.74) is 0.961. The number of hydrazone groups is 1. The van der Waals surface area contributed by atoms with E-state index in [1.807, 2.05) is 0 Å². The average Bonchev–Trinajstić information content (AvgIpc) is 3.22. The fraction of sp³-hybridized carbons (Fsp3) is 0.182. The van der Waals surface area contributed by atoms with Crippen LogP contribution in [0.4, 0.5) is 17.6 Å². The van der Waals surface area contributed by atoms with Crippen molar-refractivity contribution in [1.29, 1.82) is 5.41 Å². The number of alkyl halides is 3. The second kappa shape index (κ2) is 9.29. The Hall–Kier alpha value is -3.67. The first-order valence-corrected chi connectivity index (χ1v) is 10.7. The molecule has 2 heterocycles. The standard InChI is InChI=1S/C22H16F4N4O3S/c1-2-32-17-10-13(5-8-16(17)33-11-12-3-6-14(23)7-4-12)9-15-18(27)30-21(28-19(15)31)34-20(29-30)22(24,25)26/h3-10,27H,2,11H2,1H3. The number of aliphatic imine (C=N–C) groups is 1. The smallest absolute Gasteiger partial charge is 0.441 e. The SMILES string of the molecule is CCOc1cc(C=C2C(=N)N3N=C(C(F)(F)F)SC3=NC2=O)ccc1OCc1ccc(F)cc1. The van der Waals surface area contributed by atoms with E-state index in [0.29, 0.717) is 28.7 Å². The first-order chi connectivity index (χ1) is 16.2. The summed E-state index contributed by atoms with van der Waals surface area (Å²) >= 11 is 0.187. The van der Waals surface area contributed by atoms with Crippen LogP contribution in [-0.4, -0.2) is 39.7 Å². The quantitative estimate of drug-likeness (QED) is 0.454. The zero-order valence-electron chi connectivity index (χ0n) is 17.5. The van der Waals surface area contributed by atoms with Crippen LogP contribution in [0.1, 0.15) is 18.1 Å². The van der Waals surface area contributed by atoms with Gasteiger partial charge in [0.1, 0.15) is 12.4 Å². The summed E-state index contributed by atoms with van der Waals surface area (Å²) in [5, 5.41) is 10.7. The van der Waals surface area contributed by atoms with Crippen molar-refractivity contribution in [3.8, 4) is 11.5 Å². The molecule has 0 aliphatic carbocycles. The topological polar surface area (TPSA) is 87.3 Å². The Morgan fingerprint density at radius 1 is 1.12 bits per heavy atom. The van der Waals surface area contributed by atoms with Gasteiger partial charge in [0.2, 0.25) is 10.2 Å². The van der Waals surface area contributed by atoms with Gasteiger partial charge in [0.05, 0.1) is 12.2 Å². The van der Waals surface area contributed by atoms with Gasteiger partial charge in [-0.1, -0.05) is 18.2 Å². The van der Waals surface area contributed by atoms with Crippen molar-refractivity contribution in [3.05, 3.63) is 65.0 Å². The number of carbonyl (C=O) groups excluding carboxylic acids is 1. The number of rotatable bonds is 6. The van der Waals surface area contributed by atoms with Crippen LogP contribution in [0.5, 0.6) is 11.5 Å². The second-order valence-electron chi connectivity index (χ2n) is 6.98. The predicted molar refractivity (Wildman–Crippen MR) is 119 cm³/mol. The van der Waals surface area contributed by atoms with E-state index in [0.717, 1.165) is 5.56 Å². The van der Waals surface area contributed by atoms with E-state index in [-0.39, 0.29) is 34.9 Å². The number of nitrogens with zero attached hydrogens (tertiary/aromatic N) is 3. The molecular formula is C22H16F4N4O3S. The number of ether oxygens (including phenoxy) is 2. The second-order valence-corrected chi connectivity index (χ2v) is 7.93. The van der Waals surface area contributed by atoms with Crippen LogP contribution in [0, 0.1) is 11.2 Å². The van der Waals surface area contributed by atoms with Gasteiger partial charge in [-0.15, -0.1) is 0 Å². The number of fused-ring (bicyclic) bond motifs is 1.